The minimum Gasteiger partial charge on any atom is -0.545 e. The summed E-state index contributed by atoms with van der Waals surface area (Å²) in [6, 6.07) is 10.8. The molecule has 0 aliphatic heterocycles. The van der Waals surface area contributed by atoms with Crippen molar-refractivity contribution < 1.29 is 19.5 Å². The SMILES string of the molecule is O=C([O-])C=CC(=O)Nc1cccc(C(=O)Nc2ccc(Cl)cc2Cl)c1. The van der Waals surface area contributed by atoms with Crippen LogP contribution in [0.3, 0.4) is 0 Å². The largest absolute Gasteiger partial charge is 0.545 e. The van der Waals surface area contributed by atoms with Gasteiger partial charge in [-0.15, -0.1) is 0 Å². The number of carboxylic acids is 1. The quantitative estimate of drug-likeness (QED) is 0.781. The van der Waals surface area contributed by atoms with Gasteiger partial charge in [0, 0.05) is 22.3 Å². The second-order valence-electron chi connectivity index (χ2n) is 4.80. The molecule has 8 heteroatoms. The Morgan fingerprint density at radius 1 is 0.960 bits per heavy atom. The fourth-order valence-corrected chi connectivity index (χ4v) is 2.31. The average Bonchev–Trinajstić information content (AvgIpc) is 2.55. The van der Waals surface area contributed by atoms with Crippen LogP contribution in [-0.2, 0) is 9.59 Å². The van der Waals surface area contributed by atoms with Crippen LogP contribution in [0.1, 0.15) is 10.4 Å². The molecule has 0 spiro atoms. The molecule has 0 fully saturated rings. The lowest BCUT2D eigenvalue weighted by Gasteiger charge is -2.09. The van der Waals surface area contributed by atoms with Gasteiger partial charge in [-0.2, -0.15) is 0 Å². The first kappa shape index (κ1) is 18.5. The van der Waals surface area contributed by atoms with Gasteiger partial charge in [-0.3, -0.25) is 9.59 Å². The maximum Gasteiger partial charge on any atom is 0.255 e. The molecule has 0 bridgehead atoms. The second-order valence-corrected chi connectivity index (χ2v) is 5.64. The van der Waals surface area contributed by atoms with E-state index in [4.69, 9.17) is 23.2 Å². The highest BCUT2D eigenvalue weighted by molar-refractivity contribution is 6.36. The van der Waals surface area contributed by atoms with Gasteiger partial charge in [0.15, 0.2) is 0 Å². The maximum absolute atomic E-state index is 12.3. The Labute approximate surface area is 153 Å². The molecule has 128 valence electrons. The van der Waals surface area contributed by atoms with Gasteiger partial charge in [0.2, 0.25) is 5.91 Å². The molecule has 0 aliphatic rings. The predicted molar refractivity (Wildman–Crippen MR) is 93.6 cm³/mol. The molecule has 6 nitrogen and oxygen atoms in total. The Hall–Kier alpha value is -2.83. The van der Waals surface area contributed by atoms with Crippen LogP contribution in [-0.4, -0.2) is 17.8 Å². The van der Waals surface area contributed by atoms with Crippen molar-refractivity contribution in [3.63, 3.8) is 0 Å². The van der Waals surface area contributed by atoms with Crippen molar-refractivity contribution in [1.29, 1.82) is 0 Å². The maximum atomic E-state index is 12.3. The van der Waals surface area contributed by atoms with Crippen LogP contribution in [0.4, 0.5) is 11.4 Å². The molecule has 0 heterocycles. The Kier molecular flexibility index (Phi) is 6.16. The third kappa shape index (κ3) is 5.63. The molecular formula is C17H11Cl2N2O4-. The van der Waals surface area contributed by atoms with E-state index in [0.29, 0.717) is 22.5 Å². The normalized spacial score (nSPS) is 10.5. The Balaban J connectivity index is 2.10. The number of hydrogen-bond acceptors (Lipinski definition) is 4. The van der Waals surface area contributed by atoms with Gasteiger partial charge in [-0.25, -0.2) is 0 Å². The molecule has 0 aromatic heterocycles. The standard InChI is InChI=1S/C17H12Cl2N2O4/c18-11-4-5-14(13(19)9-11)21-17(25)10-2-1-3-12(8-10)20-15(22)6-7-16(23)24/h1-9H,(H,20,22)(H,21,25)(H,23,24)/p-1. The predicted octanol–water partition coefficient (Wildman–Crippen LogP) is 2.49. The van der Waals surface area contributed by atoms with Crippen LogP contribution < -0.4 is 15.7 Å². The summed E-state index contributed by atoms with van der Waals surface area (Å²) >= 11 is 11.8. The van der Waals surface area contributed by atoms with E-state index < -0.39 is 17.8 Å². The molecular weight excluding hydrogens is 367 g/mol. The molecule has 0 atom stereocenters. The van der Waals surface area contributed by atoms with Crippen LogP contribution in [0.15, 0.2) is 54.6 Å². The average molecular weight is 378 g/mol. The van der Waals surface area contributed by atoms with Gasteiger partial charge in [-0.05, 0) is 42.5 Å². The Morgan fingerprint density at radius 3 is 2.40 bits per heavy atom. The fourth-order valence-electron chi connectivity index (χ4n) is 1.85. The zero-order chi connectivity index (χ0) is 18.4. The van der Waals surface area contributed by atoms with Crippen molar-refractivity contribution in [2.24, 2.45) is 0 Å². The van der Waals surface area contributed by atoms with Crippen molar-refractivity contribution >= 4 is 52.4 Å². The number of hydrogen-bond donors (Lipinski definition) is 2. The second kappa shape index (κ2) is 8.32. The summed E-state index contributed by atoms with van der Waals surface area (Å²) in [7, 11) is 0. The van der Waals surface area contributed by atoms with Crippen molar-refractivity contribution in [2.75, 3.05) is 10.6 Å². The number of aliphatic carboxylic acids is 1. The summed E-state index contributed by atoms with van der Waals surface area (Å²) in [5.74, 6) is -2.59. The molecule has 0 aliphatic carbocycles. The molecule has 2 aromatic rings. The van der Waals surface area contributed by atoms with Gasteiger partial charge >= 0.3 is 0 Å². The molecule has 2 aromatic carbocycles. The van der Waals surface area contributed by atoms with E-state index in [0.717, 1.165) is 6.08 Å². The van der Waals surface area contributed by atoms with Crippen LogP contribution in [0.5, 0.6) is 0 Å². The molecule has 0 saturated carbocycles. The van der Waals surface area contributed by atoms with E-state index in [-0.39, 0.29) is 10.6 Å². The molecule has 25 heavy (non-hydrogen) atoms. The zero-order valence-corrected chi connectivity index (χ0v) is 14.1. The van der Waals surface area contributed by atoms with Crippen molar-refractivity contribution in [3.8, 4) is 0 Å². The summed E-state index contributed by atoms with van der Waals surface area (Å²) in [4.78, 5) is 34.1. The highest BCUT2D eigenvalue weighted by Gasteiger charge is 2.10. The summed E-state index contributed by atoms with van der Waals surface area (Å²) in [6.07, 6.45) is 1.42. The van der Waals surface area contributed by atoms with E-state index in [2.05, 4.69) is 10.6 Å². The number of amides is 2. The van der Waals surface area contributed by atoms with E-state index in [1.807, 2.05) is 0 Å². The monoisotopic (exact) mass is 377 g/mol. The number of halogens is 2. The van der Waals surface area contributed by atoms with Gasteiger partial charge < -0.3 is 20.5 Å². The fraction of sp³-hybridized carbons (Fsp3) is 0. The van der Waals surface area contributed by atoms with Gasteiger partial charge in [0.1, 0.15) is 0 Å². The van der Waals surface area contributed by atoms with E-state index >= 15 is 0 Å². The molecule has 2 N–H and O–H groups in total. The first-order chi connectivity index (χ1) is 11.8. The van der Waals surface area contributed by atoms with E-state index in [1.54, 1.807) is 30.3 Å². The first-order valence-corrected chi connectivity index (χ1v) is 7.67. The molecule has 0 radical (unpaired) electrons. The highest BCUT2D eigenvalue weighted by atomic mass is 35.5. The van der Waals surface area contributed by atoms with Crippen molar-refractivity contribution in [1.82, 2.24) is 0 Å². The number of rotatable bonds is 5. The molecule has 2 amide bonds. The highest BCUT2D eigenvalue weighted by Crippen LogP contribution is 2.26. The Morgan fingerprint density at radius 2 is 1.72 bits per heavy atom. The number of carbonyl (C=O) groups is 3. The summed E-state index contributed by atoms with van der Waals surface area (Å²) in [6.45, 7) is 0. The van der Waals surface area contributed by atoms with Crippen LogP contribution in [0.2, 0.25) is 10.0 Å². The number of anilines is 2. The topological polar surface area (TPSA) is 98.3 Å². The van der Waals surface area contributed by atoms with E-state index in [1.165, 1.54) is 12.1 Å². The number of carboxylic acid groups (broad SMARTS) is 1. The minimum absolute atomic E-state index is 0.271. The summed E-state index contributed by atoms with van der Waals surface area (Å²) in [5, 5.41) is 16.1. The molecule has 0 unspecified atom stereocenters. The van der Waals surface area contributed by atoms with Crippen molar-refractivity contribution in [2.45, 2.75) is 0 Å². The number of carbonyl (C=O) groups excluding carboxylic acids is 3. The van der Waals surface area contributed by atoms with Gasteiger partial charge in [-0.1, -0.05) is 29.3 Å². The van der Waals surface area contributed by atoms with Crippen LogP contribution >= 0.6 is 23.2 Å². The zero-order valence-electron chi connectivity index (χ0n) is 12.6. The smallest absolute Gasteiger partial charge is 0.255 e. The molecule has 2 rings (SSSR count). The van der Waals surface area contributed by atoms with E-state index in [9.17, 15) is 19.5 Å². The first-order valence-electron chi connectivity index (χ1n) is 6.91. The van der Waals surface area contributed by atoms with Gasteiger partial charge in [0.25, 0.3) is 5.91 Å². The number of nitrogens with one attached hydrogen (secondary N) is 2. The van der Waals surface area contributed by atoms with Crippen molar-refractivity contribution in [3.05, 3.63) is 70.2 Å². The lowest BCUT2D eigenvalue weighted by molar-refractivity contribution is -0.297. The third-order valence-electron chi connectivity index (χ3n) is 2.94. The van der Waals surface area contributed by atoms with Gasteiger partial charge in [0.05, 0.1) is 16.7 Å². The lowest BCUT2D eigenvalue weighted by atomic mass is 10.1. The minimum atomic E-state index is -1.48. The van der Waals surface area contributed by atoms with Crippen LogP contribution in [0, 0.1) is 0 Å². The molecule has 0 saturated heterocycles. The van der Waals surface area contributed by atoms with Crippen LogP contribution in [0.25, 0.3) is 0 Å². The number of benzene rings is 2. The third-order valence-corrected chi connectivity index (χ3v) is 3.49. The summed E-state index contributed by atoms with van der Waals surface area (Å²) in [5.41, 5.74) is 0.984. The Bertz CT molecular complexity index is 865. The lowest BCUT2D eigenvalue weighted by Crippen LogP contribution is -2.20. The summed E-state index contributed by atoms with van der Waals surface area (Å²) < 4.78 is 0.